The molecule has 0 N–H and O–H groups in total. The lowest BCUT2D eigenvalue weighted by Crippen LogP contribution is -2.44. The van der Waals surface area contributed by atoms with Crippen LogP contribution in [0, 0.1) is 5.41 Å². The Hall–Kier alpha value is -1.64. The van der Waals surface area contributed by atoms with Gasteiger partial charge >= 0.3 is 0 Å². The van der Waals surface area contributed by atoms with Crippen molar-refractivity contribution in [3.63, 3.8) is 0 Å². The molecule has 0 unspecified atom stereocenters. The Kier molecular flexibility index (Phi) is 2.69. The summed E-state index contributed by atoms with van der Waals surface area (Å²) in [5.41, 5.74) is 2.10. The Balaban J connectivity index is 1.98. The predicted octanol–water partition coefficient (Wildman–Crippen LogP) is 3.36. The van der Waals surface area contributed by atoms with Gasteiger partial charge in [-0.05, 0) is 31.4 Å². The van der Waals surface area contributed by atoms with Crippen LogP contribution in [0.5, 0.6) is 0 Å². The minimum absolute atomic E-state index is 0.0145. The Bertz CT molecular complexity index is 494. The summed E-state index contributed by atoms with van der Waals surface area (Å²) in [6, 6.07) is 9.71. The molecule has 3 heteroatoms. The minimum Gasteiger partial charge on any atom is -0.273 e. The molecular weight excluding hydrogens is 224 g/mol. The summed E-state index contributed by atoms with van der Waals surface area (Å²) in [7, 11) is 0. The first kappa shape index (κ1) is 11.5. The molecule has 1 aliphatic carbocycles. The predicted molar refractivity (Wildman–Crippen MR) is 72.6 cm³/mol. The van der Waals surface area contributed by atoms with Crippen LogP contribution in [0.4, 0.5) is 5.69 Å². The lowest BCUT2D eigenvalue weighted by Gasteiger charge is -2.40. The fourth-order valence-corrected chi connectivity index (χ4v) is 2.97. The quantitative estimate of drug-likeness (QED) is 0.743. The van der Waals surface area contributed by atoms with E-state index in [0.717, 1.165) is 18.5 Å². The third kappa shape index (κ3) is 1.84. The van der Waals surface area contributed by atoms with Crippen LogP contribution in [0.15, 0.2) is 35.4 Å². The number of hydrazone groups is 1. The molecule has 18 heavy (non-hydrogen) atoms. The number of carbonyl (C=O) groups is 1. The second kappa shape index (κ2) is 4.23. The van der Waals surface area contributed by atoms with Crippen LogP contribution in [0.1, 0.15) is 39.0 Å². The van der Waals surface area contributed by atoms with Gasteiger partial charge in [-0.3, -0.25) is 4.79 Å². The van der Waals surface area contributed by atoms with Crippen LogP contribution in [0.3, 0.4) is 0 Å². The second-order valence-electron chi connectivity index (χ2n) is 5.53. The van der Waals surface area contributed by atoms with Crippen molar-refractivity contribution in [2.45, 2.75) is 39.0 Å². The van der Waals surface area contributed by atoms with Gasteiger partial charge in [0.2, 0.25) is 5.91 Å². The number of rotatable bonds is 1. The zero-order chi connectivity index (χ0) is 12.6. The van der Waals surface area contributed by atoms with Crippen molar-refractivity contribution in [2.75, 3.05) is 5.01 Å². The van der Waals surface area contributed by atoms with Gasteiger partial charge < -0.3 is 0 Å². The first-order chi connectivity index (χ1) is 8.69. The minimum atomic E-state index is 0.0145. The van der Waals surface area contributed by atoms with E-state index in [-0.39, 0.29) is 11.3 Å². The Morgan fingerprint density at radius 3 is 2.78 bits per heavy atom. The SMILES string of the molecule is C[C@]12CCCCC1=NN(c1ccccc1)C(=O)C2. The number of hydrogen-bond acceptors (Lipinski definition) is 2. The highest BCUT2D eigenvalue weighted by atomic mass is 16.2. The molecule has 0 bridgehead atoms. The first-order valence-electron chi connectivity index (χ1n) is 6.65. The molecule has 0 spiro atoms. The first-order valence-corrected chi connectivity index (χ1v) is 6.65. The van der Waals surface area contributed by atoms with E-state index in [2.05, 4.69) is 12.0 Å². The number of fused-ring (bicyclic) bond motifs is 1. The molecule has 1 atom stereocenters. The summed E-state index contributed by atoms with van der Waals surface area (Å²) in [5.74, 6) is 0.120. The molecule has 0 saturated heterocycles. The molecule has 1 amide bonds. The van der Waals surface area contributed by atoms with E-state index in [1.54, 1.807) is 5.01 Å². The summed E-state index contributed by atoms with van der Waals surface area (Å²) in [6.07, 6.45) is 5.15. The van der Waals surface area contributed by atoms with E-state index in [1.807, 2.05) is 30.3 Å². The molecule has 3 nitrogen and oxygen atoms in total. The number of benzene rings is 1. The normalized spacial score (nSPS) is 27.7. The van der Waals surface area contributed by atoms with Crippen molar-refractivity contribution in [3.8, 4) is 0 Å². The molecule has 1 aromatic carbocycles. The lowest BCUT2D eigenvalue weighted by atomic mass is 9.71. The molecule has 2 aliphatic rings. The van der Waals surface area contributed by atoms with Crippen molar-refractivity contribution < 1.29 is 4.79 Å². The highest BCUT2D eigenvalue weighted by Crippen LogP contribution is 2.40. The average Bonchev–Trinajstić information content (AvgIpc) is 2.38. The molecule has 1 aromatic rings. The second-order valence-corrected chi connectivity index (χ2v) is 5.53. The summed E-state index contributed by atoms with van der Waals surface area (Å²) in [5, 5.41) is 6.21. The summed E-state index contributed by atoms with van der Waals surface area (Å²) in [6.45, 7) is 2.19. The molecule has 0 aromatic heterocycles. The van der Waals surface area contributed by atoms with Gasteiger partial charge in [0.25, 0.3) is 0 Å². The number of amides is 1. The summed E-state index contributed by atoms with van der Waals surface area (Å²) in [4.78, 5) is 12.3. The van der Waals surface area contributed by atoms with Crippen molar-refractivity contribution in [1.82, 2.24) is 0 Å². The number of nitrogens with zero attached hydrogens (tertiary/aromatic N) is 2. The highest BCUT2D eigenvalue weighted by Gasteiger charge is 2.40. The van der Waals surface area contributed by atoms with Crippen LogP contribution >= 0.6 is 0 Å². The Morgan fingerprint density at radius 2 is 2.00 bits per heavy atom. The van der Waals surface area contributed by atoms with Crippen molar-refractivity contribution in [3.05, 3.63) is 30.3 Å². The molecule has 3 rings (SSSR count). The molecular formula is C15H18N2O. The molecule has 0 radical (unpaired) electrons. The van der Waals surface area contributed by atoms with Crippen molar-refractivity contribution >= 4 is 17.3 Å². The monoisotopic (exact) mass is 242 g/mol. The van der Waals surface area contributed by atoms with Gasteiger partial charge in [0.15, 0.2) is 0 Å². The molecule has 1 heterocycles. The van der Waals surface area contributed by atoms with E-state index in [9.17, 15) is 4.79 Å². The van der Waals surface area contributed by atoms with Crippen molar-refractivity contribution in [2.24, 2.45) is 10.5 Å². The fraction of sp³-hybridized carbons (Fsp3) is 0.467. The summed E-state index contributed by atoms with van der Waals surface area (Å²) < 4.78 is 0. The van der Waals surface area contributed by atoms with Crippen LogP contribution < -0.4 is 5.01 Å². The molecule has 1 fully saturated rings. The number of anilines is 1. The maximum atomic E-state index is 12.3. The zero-order valence-corrected chi connectivity index (χ0v) is 10.7. The zero-order valence-electron chi connectivity index (χ0n) is 10.7. The van der Waals surface area contributed by atoms with Gasteiger partial charge in [0.1, 0.15) is 0 Å². The Labute approximate surface area is 107 Å². The van der Waals surface area contributed by atoms with Gasteiger partial charge in [0.05, 0.1) is 5.69 Å². The van der Waals surface area contributed by atoms with Gasteiger partial charge in [-0.1, -0.05) is 31.5 Å². The van der Waals surface area contributed by atoms with E-state index in [4.69, 9.17) is 0 Å². The van der Waals surface area contributed by atoms with Crippen LogP contribution in [-0.2, 0) is 4.79 Å². The fourth-order valence-electron chi connectivity index (χ4n) is 2.97. The number of hydrogen-bond donors (Lipinski definition) is 0. The van der Waals surface area contributed by atoms with Gasteiger partial charge in [-0.15, -0.1) is 0 Å². The topological polar surface area (TPSA) is 32.7 Å². The largest absolute Gasteiger partial charge is 0.273 e. The van der Waals surface area contributed by atoms with Gasteiger partial charge in [-0.2, -0.15) is 5.10 Å². The molecule has 1 aliphatic heterocycles. The lowest BCUT2D eigenvalue weighted by molar-refractivity contribution is -0.120. The third-order valence-electron chi connectivity index (χ3n) is 4.09. The van der Waals surface area contributed by atoms with Crippen LogP contribution in [0.25, 0.3) is 0 Å². The van der Waals surface area contributed by atoms with Crippen LogP contribution in [-0.4, -0.2) is 11.6 Å². The van der Waals surface area contributed by atoms with E-state index >= 15 is 0 Å². The van der Waals surface area contributed by atoms with E-state index in [1.165, 1.54) is 18.6 Å². The maximum absolute atomic E-state index is 12.3. The molecule has 94 valence electrons. The standard InChI is InChI=1S/C15H18N2O/c1-15-10-6-5-9-13(15)16-17(14(18)11-15)12-7-3-2-4-8-12/h2-4,7-8H,5-6,9-11H2,1H3/t15-/m1/s1. The van der Waals surface area contributed by atoms with Crippen molar-refractivity contribution in [1.29, 1.82) is 0 Å². The summed E-state index contributed by atoms with van der Waals surface area (Å²) >= 11 is 0. The van der Waals surface area contributed by atoms with Gasteiger partial charge in [0, 0.05) is 17.5 Å². The van der Waals surface area contributed by atoms with E-state index in [0.29, 0.717) is 6.42 Å². The smallest absolute Gasteiger partial charge is 0.248 e. The number of carbonyl (C=O) groups excluding carboxylic acids is 1. The van der Waals surface area contributed by atoms with Crippen LogP contribution in [0.2, 0.25) is 0 Å². The number of para-hydroxylation sites is 1. The molecule has 1 saturated carbocycles. The Morgan fingerprint density at radius 1 is 1.22 bits per heavy atom. The average molecular weight is 242 g/mol. The van der Waals surface area contributed by atoms with E-state index < -0.39 is 0 Å². The van der Waals surface area contributed by atoms with Gasteiger partial charge in [-0.25, -0.2) is 5.01 Å². The maximum Gasteiger partial charge on any atom is 0.248 e. The highest BCUT2D eigenvalue weighted by molar-refractivity contribution is 6.05. The third-order valence-corrected chi connectivity index (χ3v) is 4.09.